The Morgan fingerprint density at radius 3 is 2.45 bits per heavy atom. The number of rotatable bonds is 8. The number of amides is 2. The first-order valence-electron chi connectivity index (χ1n) is 15.6. The Bertz CT molecular complexity index is 2040. The first-order valence-corrected chi connectivity index (χ1v) is 15.6. The summed E-state index contributed by atoms with van der Waals surface area (Å²) in [4.78, 5) is 54.7. The summed E-state index contributed by atoms with van der Waals surface area (Å²) in [5.74, 6) is -0.134. The quantitative estimate of drug-likeness (QED) is 0.174. The number of aryl methyl sites for hydroxylation is 1. The Morgan fingerprint density at radius 1 is 1.04 bits per heavy atom. The number of nitrogens with one attached hydrogen (secondary N) is 2. The molecular formula is C36H39N7O6. The van der Waals surface area contributed by atoms with E-state index in [0.717, 1.165) is 29.8 Å². The topological polar surface area (TPSA) is 176 Å². The van der Waals surface area contributed by atoms with Gasteiger partial charge < -0.3 is 35.7 Å². The molecule has 5 N–H and O–H groups in total. The molecule has 1 aliphatic heterocycles. The van der Waals surface area contributed by atoms with Crippen LogP contribution in [0.1, 0.15) is 55.7 Å². The van der Waals surface area contributed by atoms with Crippen molar-refractivity contribution in [3.8, 4) is 17.2 Å². The molecule has 1 unspecified atom stereocenters. The predicted molar refractivity (Wildman–Crippen MR) is 186 cm³/mol. The number of carboxylic acids is 1. The fourth-order valence-electron chi connectivity index (χ4n) is 5.65. The zero-order chi connectivity index (χ0) is 35.4. The van der Waals surface area contributed by atoms with Crippen molar-refractivity contribution in [3.05, 3.63) is 101 Å². The van der Waals surface area contributed by atoms with Crippen molar-refractivity contribution in [3.63, 3.8) is 0 Å². The van der Waals surface area contributed by atoms with Gasteiger partial charge in [0, 0.05) is 56.6 Å². The molecule has 5 aromatic rings. The highest BCUT2D eigenvalue weighted by Gasteiger charge is 2.26. The number of likely N-dealkylation sites (N-methyl/N-ethyl adjacent to an activating group) is 1. The van der Waals surface area contributed by atoms with Crippen molar-refractivity contribution in [2.75, 3.05) is 40.0 Å². The van der Waals surface area contributed by atoms with Crippen LogP contribution in [0.25, 0.3) is 16.6 Å². The Kier molecular flexibility index (Phi) is 10.1. The summed E-state index contributed by atoms with van der Waals surface area (Å²) in [6.07, 6.45) is 2.38. The number of H-pyrrole nitrogens is 1. The van der Waals surface area contributed by atoms with E-state index in [9.17, 15) is 14.4 Å². The van der Waals surface area contributed by atoms with Crippen LogP contribution in [0.15, 0.2) is 72.9 Å². The third kappa shape index (κ3) is 7.47. The van der Waals surface area contributed by atoms with Crippen LogP contribution in [0.2, 0.25) is 0 Å². The number of hydrogen-bond donors (Lipinski definition) is 4. The Balaban J connectivity index is 0.00000111. The standard InChI is InChI=1S/C34H35N7O4.C2H4O2/c1-20-15-24(45-30-8-6-5-7-25(30)34(44)39(3)4)10-12-29(20)41-32(35)26(18-37-41)31(42)28-17-22-16-21(9-11-27(22)38-28)33(43)40-14-13-23(19-40)36-2;1-2(3)4/h5-12,15-18,23,36,38H,13-14,19,35H2,1-4H3;1H3,(H,3,4). The molecule has 3 aromatic carbocycles. The molecule has 49 heavy (non-hydrogen) atoms. The normalized spacial score (nSPS) is 13.9. The van der Waals surface area contributed by atoms with E-state index in [2.05, 4.69) is 15.4 Å². The highest BCUT2D eigenvalue weighted by atomic mass is 16.5. The van der Waals surface area contributed by atoms with Crippen molar-refractivity contribution in [2.45, 2.75) is 26.3 Å². The third-order valence-electron chi connectivity index (χ3n) is 8.20. The molecule has 0 radical (unpaired) electrons. The van der Waals surface area contributed by atoms with E-state index in [0.29, 0.717) is 53.1 Å². The molecule has 1 saturated heterocycles. The van der Waals surface area contributed by atoms with E-state index < -0.39 is 5.97 Å². The number of nitrogen functional groups attached to an aromatic ring is 1. The number of likely N-dealkylation sites (tertiary alicyclic amines) is 1. The van der Waals surface area contributed by atoms with Gasteiger partial charge in [-0.25, -0.2) is 4.68 Å². The van der Waals surface area contributed by atoms with Gasteiger partial charge in [-0.3, -0.25) is 19.2 Å². The summed E-state index contributed by atoms with van der Waals surface area (Å²) < 4.78 is 7.60. The highest BCUT2D eigenvalue weighted by Crippen LogP contribution is 2.30. The lowest BCUT2D eigenvalue weighted by atomic mass is 10.1. The number of hydrogen-bond acceptors (Lipinski definition) is 8. The van der Waals surface area contributed by atoms with Crippen molar-refractivity contribution in [2.24, 2.45) is 0 Å². The average Bonchev–Trinajstić information content (AvgIpc) is 3.82. The molecule has 254 valence electrons. The molecule has 2 amide bonds. The van der Waals surface area contributed by atoms with E-state index in [4.69, 9.17) is 20.4 Å². The average molecular weight is 666 g/mol. The van der Waals surface area contributed by atoms with Gasteiger partial charge in [0.1, 0.15) is 17.3 Å². The van der Waals surface area contributed by atoms with Crippen molar-refractivity contribution >= 4 is 40.3 Å². The molecule has 13 nitrogen and oxygen atoms in total. The number of aliphatic carboxylic acids is 1. The maximum Gasteiger partial charge on any atom is 0.300 e. The second kappa shape index (κ2) is 14.4. The number of para-hydroxylation sites is 1. The van der Waals surface area contributed by atoms with E-state index in [-0.39, 0.29) is 29.0 Å². The number of ketones is 1. The second-order valence-corrected chi connectivity index (χ2v) is 12.0. The number of nitrogens with two attached hydrogens (primary N) is 1. The summed E-state index contributed by atoms with van der Waals surface area (Å²) in [7, 11) is 5.29. The Hall–Kier alpha value is -5.95. The van der Waals surface area contributed by atoms with E-state index >= 15 is 0 Å². The fourth-order valence-corrected chi connectivity index (χ4v) is 5.65. The molecule has 1 fully saturated rings. The summed E-state index contributed by atoms with van der Waals surface area (Å²) in [6, 6.07) is 19.9. The predicted octanol–water partition coefficient (Wildman–Crippen LogP) is 4.49. The van der Waals surface area contributed by atoms with Gasteiger partial charge in [-0.2, -0.15) is 5.10 Å². The minimum atomic E-state index is -0.833. The number of anilines is 1. The number of aromatic amines is 1. The van der Waals surface area contributed by atoms with Gasteiger partial charge in [0.15, 0.2) is 0 Å². The first kappa shape index (κ1) is 34.4. The van der Waals surface area contributed by atoms with Crippen LogP contribution in [-0.2, 0) is 4.79 Å². The van der Waals surface area contributed by atoms with Crippen molar-refractivity contribution < 1.29 is 29.0 Å². The lowest BCUT2D eigenvalue weighted by molar-refractivity contribution is -0.134. The number of nitrogens with zero attached hydrogens (tertiary/aromatic N) is 4. The van der Waals surface area contributed by atoms with E-state index in [1.807, 2.05) is 43.1 Å². The smallest absolute Gasteiger partial charge is 0.300 e. The number of ether oxygens (including phenoxy) is 1. The van der Waals surface area contributed by atoms with E-state index in [1.165, 1.54) is 15.8 Å². The molecule has 0 saturated carbocycles. The van der Waals surface area contributed by atoms with Gasteiger partial charge in [0.05, 0.1) is 28.7 Å². The van der Waals surface area contributed by atoms with Gasteiger partial charge in [0.25, 0.3) is 17.8 Å². The van der Waals surface area contributed by atoms with Crippen molar-refractivity contribution in [1.82, 2.24) is 29.9 Å². The Morgan fingerprint density at radius 2 is 1.78 bits per heavy atom. The minimum Gasteiger partial charge on any atom is -0.481 e. The van der Waals surface area contributed by atoms with Crippen LogP contribution in [-0.4, -0.2) is 93.5 Å². The van der Waals surface area contributed by atoms with Crippen LogP contribution in [0.3, 0.4) is 0 Å². The van der Waals surface area contributed by atoms with Gasteiger partial charge in [-0.05, 0) is 80.6 Å². The number of aromatic nitrogens is 3. The first-order chi connectivity index (χ1) is 23.4. The summed E-state index contributed by atoms with van der Waals surface area (Å²) in [5, 5.41) is 15.8. The molecule has 1 atom stereocenters. The molecule has 0 spiro atoms. The lowest BCUT2D eigenvalue weighted by Gasteiger charge is -2.16. The molecular weight excluding hydrogens is 626 g/mol. The maximum atomic E-state index is 13.6. The summed E-state index contributed by atoms with van der Waals surface area (Å²) >= 11 is 0. The van der Waals surface area contributed by atoms with Crippen LogP contribution in [0.4, 0.5) is 5.82 Å². The van der Waals surface area contributed by atoms with Gasteiger partial charge in [0.2, 0.25) is 5.78 Å². The fraction of sp³-hybridized carbons (Fsp3) is 0.250. The van der Waals surface area contributed by atoms with Crippen molar-refractivity contribution in [1.29, 1.82) is 0 Å². The molecule has 2 aromatic heterocycles. The van der Waals surface area contributed by atoms with Gasteiger partial charge in [-0.15, -0.1) is 0 Å². The van der Waals surface area contributed by atoms with Crippen LogP contribution in [0, 0.1) is 6.92 Å². The Labute approximate surface area is 283 Å². The van der Waals surface area contributed by atoms with Gasteiger partial charge >= 0.3 is 0 Å². The number of carbonyl (C=O) groups is 4. The molecule has 1 aliphatic rings. The minimum absolute atomic E-state index is 0.0210. The monoisotopic (exact) mass is 665 g/mol. The maximum absolute atomic E-state index is 13.6. The SMILES string of the molecule is CC(=O)O.CNC1CCN(C(=O)c2ccc3[nH]c(C(=O)c4cnn(-c5ccc(Oc6ccccc6C(=O)N(C)C)cc5C)c4N)cc3c2)C1. The van der Waals surface area contributed by atoms with Crippen LogP contribution >= 0.6 is 0 Å². The zero-order valence-corrected chi connectivity index (χ0v) is 28.0. The highest BCUT2D eigenvalue weighted by molar-refractivity contribution is 6.13. The van der Waals surface area contributed by atoms with Gasteiger partial charge in [-0.1, -0.05) is 12.1 Å². The molecule has 0 aliphatic carbocycles. The summed E-state index contributed by atoms with van der Waals surface area (Å²) in [5.41, 5.74) is 10.3. The molecule has 13 heteroatoms. The summed E-state index contributed by atoms with van der Waals surface area (Å²) in [6.45, 7) is 4.36. The molecule has 6 rings (SSSR count). The van der Waals surface area contributed by atoms with Crippen LogP contribution < -0.4 is 15.8 Å². The van der Waals surface area contributed by atoms with E-state index in [1.54, 1.807) is 56.6 Å². The number of benzene rings is 3. The number of carbonyl (C=O) groups excluding carboxylic acids is 3. The number of fused-ring (bicyclic) bond motifs is 1. The second-order valence-electron chi connectivity index (χ2n) is 12.0. The molecule has 3 heterocycles. The zero-order valence-electron chi connectivity index (χ0n) is 28.0. The largest absolute Gasteiger partial charge is 0.481 e. The lowest BCUT2D eigenvalue weighted by Crippen LogP contribution is -2.33. The van der Waals surface area contributed by atoms with Crippen LogP contribution in [0.5, 0.6) is 11.5 Å². The molecule has 0 bridgehead atoms. The number of carboxylic acid groups (broad SMARTS) is 1. The third-order valence-corrected chi connectivity index (χ3v) is 8.20.